The quantitative estimate of drug-likeness (QED) is 0.479. The molecule has 3 aromatic rings. The Morgan fingerprint density at radius 2 is 1.61 bits per heavy atom. The minimum absolute atomic E-state index is 0.0389. The third kappa shape index (κ3) is 6.21. The Balaban J connectivity index is 1.81. The van der Waals surface area contributed by atoms with Gasteiger partial charge in [-0.15, -0.1) is 0 Å². The van der Waals surface area contributed by atoms with E-state index in [2.05, 4.69) is 17.4 Å². The standard InChI is InChI=1S/C26H30N2O4S/c1-28(2)33(30,31)25-19-22(17-18-24(25)32-3)26(29)27-23(21-14-8-5-9-15-21)16-10-13-20-11-6-4-7-12-20/h4-9,11-12,14-15,17-19,23H,10,13,16H2,1-3H3,(H,27,29). The van der Waals surface area contributed by atoms with Crippen LogP contribution in [0.25, 0.3) is 0 Å². The number of nitrogens with zero attached hydrogens (tertiary/aromatic N) is 1. The smallest absolute Gasteiger partial charge is 0.251 e. The number of rotatable bonds is 10. The number of benzene rings is 3. The van der Waals surface area contributed by atoms with E-state index in [1.165, 1.54) is 38.9 Å². The molecule has 0 heterocycles. The molecule has 0 saturated heterocycles. The van der Waals surface area contributed by atoms with E-state index in [1.54, 1.807) is 6.07 Å². The number of amides is 1. The van der Waals surface area contributed by atoms with Crippen molar-refractivity contribution in [3.05, 3.63) is 95.6 Å². The molecule has 0 saturated carbocycles. The summed E-state index contributed by atoms with van der Waals surface area (Å²) in [5.41, 5.74) is 2.53. The number of carbonyl (C=O) groups excluding carboxylic acids is 1. The first kappa shape index (κ1) is 24.5. The summed E-state index contributed by atoms with van der Waals surface area (Å²) in [6, 6.07) is 24.3. The zero-order valence-electron chi connectivity index (χ0n) is 19.2. The number of hydrogen-bond donors (Lipinski definition) is 1. The van der Waals surface area contributed by atoms with Gasteiger partial charge in [0, 0.05) is 19.7 Å². The maximum Gasteiger partial charge on any atom is 0.251 e. The maximum absolute atomic E-state index is 13.1. The molecule has 0 bridgehead atoms. The number of hydrogen-bond acceptors (Lipinski definition) is 4. The fourth-order valence-electron chi connectivity index (χ4n) is 3.62. The molecule has 1 N–H and O–H groups in total. The highest BCUT2D eigenvalue weighted by atomic mass is 32.2. The van der Waals surface area contributed by atoms with E-state index in [0.29, 0.717) is 0 Å². The van der Waals surface area contributed by atoms with Crippen LogP contribution in [0.4, 0.5) is 0 Å². The van der Waals surface area contributed by atoms with E-state index in [9.17, 15) is 13.2 Å². The molecule has 3 rings (SSSR count). The van der Waals surface area contributed by atoms with Crippen molar-refractivity contribution >= 4 is 15.9 Å². The van der Waals surface area contributed by atoms with Gasteiger partial charge < -0.3 is 10.1 Å². The second-order valence-corrected chi connectivity index (χ2v) is 10.1. The van der Waals surface area contributed by atoms with Crippen LogP contribution in [0.5, 0.6) is 5.75 Å². The van der Waals surface area contributed by atoms with Crippen molar-refractivity contribution in [1.29, 1.82) is 0 Å². The van der Waals surface area contributed by atoms with Gasteiger partial charge >= 0.3 is 0 Å². The molecule has 0 fully saturated rings. The molecule has 7 heteroatoms. The van der Waals surface area contributed by atoms with Crippen LogP contribution in [0, 0.1) is 0 Å². The fourth-order valence-corrected chi connectivity index (χ4v) is 4.70. The summed E-state index contributed by atoms with van der Waals surface area (Å²) in [7, 11) is 0.520. The molecule has 33 heavy (non-hydrogen) atoms. The molecule has 3 aromatic carbocycles. The number of carbonyl (C=O) groups is 1. The zero-order valence-corrected chi connectivity index (χ0v) is 20.0. The Bertz CT molecular complexity index is 1160. The van der Waals surface area contributed by atoms with E-state index < -0.39 is 10.0 Å². The molecule has 0 aliphatic carbocycles. The fraction of sp³-hybridized carbons (Fsp3) is 0.269. The van der Waals surface area contributed by atoms with E-state index in [0.717, 1.165) is 29.1 Å². The van der Waals surface area contributed by atoms with Crippen molar-refractivity contribution < 1.29 is 17.9 Å². The molecular formula is C26H30N2O4S. The van der Waals surface area contributed by atoms with Crippen LogP contribution in [0.15, 0.2) is 83.8 Å². The van der Waals surface area contributed by atoms with Crippen molar-refractivity contribution in [3.8, 4) is 5.75 Å². The summed E-state index contributed by atoms with van der Waals surface area (Å²) in [4.78, 5) is 13.1. The molecule has 6 nitrogen and oxygen atoms in total. The van der Waals surface area contributed by atoms with Crippen LogP contribution in [0.3, 0.4) is 0 Å². The van der Waals surface area contributed by atoms with E-state index in [1.807, 2.05) is 48.5 Å². The van der Waals surface area contributed by atoms with Gasteiger partial charge in [0.25, 0.3) is 5.91 Å². The van der Waals surface area contributed by atoms with Crippen molar-refractivity contribution in [3.63, 3.8) is 0 Å². The SMILES string of the molecule is COc1ccc(C(=O)NC(CCCc2ccccc2)c2ccccc2)cc1S(=O)(=O)N(C)C. The monoisotopic (exact) mass is 466 g/mol. The topological polar surface area (TPSA) is 75.7 Å². The number of ether oxygens (including phenoxy) is 1. The predicted octanol–water partition coefficient (Wildman–Crippen LogP) is 4.44. The Morgan fingerprint density at radius 1 is 0.970 bits per heavy atom. The highest BCUT2D eigenvalue weighted by molar-refractivity contribution is 7.89. The van der Waals surface area contributed by atoms with Crippen LogP contribution in [0.2, 0.25) is 0 Å². The lowest BCUT2D eigenvalue weighted by atomic mass is 9.98. The average Bonchev–Trinajstić information content (AvgIpc) is 2.84. The van der Waals surface area contributed by atoms with Gasteiger partial charge in [-0.2, -0.15) is 0 Å². The van der Waals surface area contributed by atoms with Gasteiger partial charge in [-0.3, -0.25) is 4.79 Å². The maximum atomic E-state index is 13.1. The Hall–Kier alpha value is -3.16. The van der Waals surface area contributed by atoms with E-state index in [4.69, 9.17) is 4.74 Å². The van der Waals surface area contributed by atoms with Gasteiger partial charge in [0.1, 0.15) is 10.6 Å². The van der Waals surface area contributed by atoms with Crippen LogP contribution >= 0.6 is 0 Å². The molecule has 1 amide bonds. The second-order valence-electron chi connectivity index (χ2n) is 7.97. The zero-order chi connectivity index (χ0) is 23.8. The van der Waals surface area contributed by atoms with Crippen LogP contribution in [-0.4, -0.2) is 39.8 Å². The van der Waals surface area contributed by atoms with Gasteiger partial charge in [0.2, 0.25) is 10.0 Å². The molecule has 0 aliphatic rings. The van der Waals surface area contributed by atoms with Gasteiger partial charge in [-0.1, -0.05) is 60.7 Å². The lowest BCUT2D eigenvalue weighted by molar-refractivity contribution is 0.0934. The molecule has 0 aliphatic heterocycles. The lowest BCUT2D eigenvalue weighted by Crippen LogP contribution is -2.29. The first-order valence-electron chi connectivity index (χ1n) is 10.8. The average molecular weight is 467 g/mol. The number of methoxy groups -OCH3 is 1. The van der Waals surface area contributed by atoms with Gasteiger partial charge in [-0.25, -0.2) is 12.7 Å². The van der Waals surface area contributed by atoms with Crippen molar-refractivity contribution in [2.45, 2.75) is 30.2 Å². The molecule has 1 atom stereocenters. The summed E-state index contributed by atoms with van der Waals surface area (Å²) in [5, 5.41) is 3.09. The molecule has 174 valence electrons. The highest BCUT2D eigenvalue weighted by Crippen LogP contribution is 2.28. The summed E-state index contributed by atoms with van der Waals surface area (Å²) in [5.74, 6) is -0.135. The summed E-state index contributed by atoms with van der Waals surface area (Å²) < 4.78 is 31.8. The van der Waals surface area contributed by atoms with Crippen molar-refractivity contribution in [1.82, 2.24) is 9.62 Å². The molecule has 0 radical (unpaired) electrons. The highest BCUT2D eigenvalue weighted by Gasteiger charge is 2.24. The first-order chi connectivity index (χ1) is 15.8. The summed E-state index contributed by atoms with van der Waals surface area (Å²) >= 11 is 0. The van der Waals surface area contributed by atoms with Crippen LogP contribution in [0.1, 0.15) is 40.4 Å². The third-order valence-corrected chi connectivity index (χ3v) is 7.33. The third-order valence-electron chi connectivity index (χ3n) is 5.49. The molecule has 1 unspecified atom stereocenters. The summed E-state index contributed by atoms with van der Waals surface area (Å²) in [6.07, 6.45) is 2.56. The minimum atomic E-state index is -3.77. The second kappa shape index (κ2) is 11.1. The first-order valence-corrected chi connectivity index (χ1v) is 12.3. The van der Waals surface area contributed by atoms with Gasteiger partial charge in [0.05, 0.1) is 13.2 Å². The largest absolute Gasteiger partial charge is 0.495 e. The van der Waals surface area contributed by atoms with Crippen molar-refractivity contribution in [2.75, 3.05) is 21.2 Å². The van der Waals surface area contributed by atoms with Gasteiger partial charge in [0.15, 0.2) is 0 Å². The van der Waals surface area contributed by atoms with E-state index >= 15 is 0 Å². The molecule has 0 spiro atoms. The lowest BCUT2D eigenvalue weighted by Gasteiger charge is -2.20. The normalized spacial score (nSPS) is 12.4. The van der Waals surface area contributed by atoms with Crippen LogP contribution < -0.4 is 10.1 Å². The minimum Gasteiger partial charge on any atom is -0.495 e. The Morgan fingerprint density at radius 3 is 2.21 bits per heavy atom. The Labute approximate surface area is 196 Å². The summed E-state index contributed by atoms with van der Waals surface area (Å²) in [6.45, 7) is 0. The molecule has 0 aromatic heterocycles. The van der Waals surface area contributed by atoms with Crippen LogP contribution in [-0.2, 0) is 16.4 Å². The number of sulfonamides is 1. The van der Waals surface area contributed by atoms with Gasteiger partial charge in [-0.05, 0) is 48.6 Å². The number of aryl methyl sites for hydroxylation is 1. The Kier molecular flexibility index (Phi) is 8.25. The van der Waals surface area contributed by atoms with Crippen molar-refractivity contribution in [2.24, 2.45) is 0 Å². The predicted molar refractivity (Wildman–Crippen MR) is 130 cm³/mol. The van der Waals surface area contributed by atoms with E-state index in [-0.39, 0.29) is 28.2 Å². The number of nitrogens with one attached hydrogen (secondary N) is 1. The molecular weight excluding hydrogens is 436 g/mol.